The Kier molecular flexibility index (Phi) is 3.49. The summed E-state index contributed by atoms with van der Waals surface area (Å²) in [6.45, 7) is 6.56. The van der Waals surface area contributed by atoms with E-state index < -0.39 is 0 Å². The van der Waals surface area contributed by atoms with Crippen molar-refractivity contribution in [3.63, 3.8) is 0 Å². The van der Waals surface area contributed by atoms with Crippen molar-refractivity contribution in [2.45, 2.75) is 27.2 Å². The third-order valence-electron chi connectivity index (χ3n) is 2.18. The van der Waals surface area contributed by atoms with Crippen molar-refractivity contribution in [3.05, 3.63) is 34.9 Å². The molecular weight excluding hydrogens is 160 g/mol. The maximum Gasteiger partial charge on any atom is 0.0459 e. The molecule has 1 atom stereocenters. The molecule has 1 aromatic rings. The predicted molar refractivity (Wildman–Crippen MR) is 55.9 cm³/mol. The van der Waals surface area contributed by atoms with E-state index in [9.17, 15) is 0 Å². The Hall–Kier alpha value is -0.820. The summed E-state index contributed by atoms with van der Waals surface area (Å²) in [5.74, 6) is 0.362. The molecule has 0 saturated carbocycles. The third-order valence-corrected chi connectivity index (χ3v) is 2.18. The fraction of sp³-hybridized carbons (Fsp3) is 0.500. The zero-order valence-corrected chi connectivity index (χ0v) is 8.67. The van der Waals surface area contributed by atoms with Crippen molar-refractivity contribution in [1.29, 1.82) is 0 Å². The standard InChI is InChI=1S/C12H18O/c1-9-4-10(2)6-12(5-9)7-11(3)8-13/h4-6,11,13H,7-8H2,1-3H3/t11-/m1/s1. The minimum absolute atomic E-state index is 0.271. The fourth-order valence-electron chi connectivity index (χ4n) is 1.65. The summed E-state index contributed by atoms with van der Waals surface area (Å²) >= 11 is 0. The van der Waals surface area contributed by atoms with Crippen LogP contribution in [0.3, 0.4) is 0 Å². The Morgan fingerprint density at radius 3 is 2.15 bits per heavy atom. The first-order valence-corrected chi connectivity index (χ1v) is 4.80. The van der Waals surface area contributed by atoms with Crippen LogP contribution < -0.4 is 0 Å². The van der Waals surface area contributed by atoms with E-state index in [1.54, 1.807) is 0 Å². The third kappa shape index (κ3) is 3.19. The van der Waals surface area contributed by atoms with E-state index in [-0.39, 0.29) is 6.61 Å². The molecule has 0 fully saturated rings. The van der Waals surface area contributed by atoms with Crippen LogP contribution in [0.25, 0.3) is 0 Å². The highest BCUT2D eigenvalue weighted by Gasteiger charge is 2.02. The summed E-state index contributed by atoms with van der Waals surface area (Å²) < 4.78 is 0. The quantitative estimate of drug-likeness (QED) is 0.754. The molecule has 0 aliphatic carbocycles. The highest BCUT2D eigenvalue weighted by molar-refractivity contribution is 5.28. The van der Waals surface area contributed by atoms with Crippen molar-refractivity contribution < 1.29 is 5.11 Å². The predicted octanol–water partition coefficient (Wildman–Crippen LogP) is 2.47. The lowest BCUT2D eigenvalue weighted by molar-refractivity contribution is 0.237. The summed E-state index contributed by atoms with van der Waals surface area (Å²) in [5, 5.41) is 8.93. The Labute approximate surface area is 80.4 Å². The van der Waals surface area contributed by atoms with Crippen LogP contribution in [-0.4, -0.2) is 11.7 Å². The van der Waals surface area contributed by atoms with Gasteiger partial charge in [-0.3, -0.25) is 0 Å². The zero-order valence-electron chi connectivity index (χ0n) is 8.67. The number of rotatable bonds is 3. The van der Waals surface area contributed by atoms with E-state index in [2.05, 4.69) is 39.0 Å². The number of benzene rings is 1. The molecule has 1 aromatic carbocycles. The van der Waals surface area contributed by atoms with E-state index in [0.717, 1.165) is 6.42 Å². The van der Waals surface area contributed by atoms with Crippen LogP contribution in [0.4, 0.5) is 0 Å². The van der Waals surface area contributed by atoms with Crippen molar-refractivity contribution in [2.24, 2.45) is 5.92 Å². The highest BCUT2D eigenvalue weighted by atomic mass is 16.3. The Morgan fingerprint density at radius 2 is 1.69 bits per heavy atom. The van der Waals surface area contributed by atoms with E-state index in [1.807, 2.05) is 0 Å². The molecule has 0 amide bonds. The fourth-order valence-corrected chi connectivity index (χ4v) is 1.65. The van der Waals surface area contributed by atoms with Gasteiger partial charge in [-0.2, -0.15) is 0 Å². The van der Waals surface area contributed by atoms with Crippen LogP contribution in [0.15, 0.2) is 18.2 Å². The average Bonchev–Trinajstić information content (AvgIpc) is 2.02. The molecule has 0 aliphatic heterocycles. The maximum atomic E-state index is 8.93. The van der Waals surface area contributed by atoms with Gasteiger partial charge >= 0.3 is 0 Å². The number of aliphatic hydroxyl groups excluding tert-OH is 1. The van der Waals surface area contributed by atoms with E-state index >= 15 is 0 Å². The number of aryl methyl sites for hydroxylation is 2. The van der Waals surface area contributed by atoms with Gasteiger partial charge in [-0.1, -0.05) is 36.2 Å². The van der Waals surface area contributed by atoms with Gasteiger partial charge in [-0.05, 0) is 31.7 Å². The first-order valence-electron chi connectivity index (χ1n) is 4.80. The van der Waals surface area contributed by atoms with Crippen LogP contribution in [0, 0.1) is 19.8 Å². The molecule has 1 heteroatoms. The van der Waals surface area contributed by atoms with Crippen molar-refractivity contribution >= 4 is 0 Å². The van der Waals surface area contributed by atoms with E-state index in [1.165, 1.54) is 16.7 Å². The summed E-state index contributed by atoms with van der Waals surface area (Å²) in [7, 11) is 0. The summed E-state index contributed by atoms with van der Waals surface area (Å²) in [6.07, 6.45) is 0.971. The first kappa shape index (κ1) is 10.3. The Bertz CT molecular complexity index is 258. The first-order chi connectivity index (χ1) is 6.11. The van der Waals surface area contributed by atoms with Crippen molar-refractivity contribution in [1.82, 2.24) is 0 Å². The van der Waals surface area contributed by atoms with E-state index in [4.69, 9.17) is 5.11 Å². The lowest BCUT2D eigenvalue weighted by Crippen LogP contribution is -2.04. The highest BCUT2D eigenvalue weighted by Crippen LogP contribution is 2.12. The van der Waals surface area contributed by atoms with Crippen molar-refractivity contribution in [3.8, 4) is 0 Å². The summed E-state index contributed by atoms with van der Waals surface area (Å²) in [6, 6.07) is 6.56. The molecule has 72 valence electrons. The van der Waals surface area contributed by atoms with Crippen molar-refractivity contribution in [2.75, 3.05) is 6.61 Å². The minimum Gasteiger partial charge on any atom is -0.396 e. The lowest BCUT2D eigenvalue weighted by Gasteiger charge is -2.09. The van der Waals surface area contributed by atoms with Crippen LogP contribution in [0.1, 0.15) is 23.6 Å². The van der Waals surface area contributed by atoms with Crippen LogP contribution in [0.5, 0.6) is 0 Å². The number of hydrogen-bond acceptors (Lipinski definition) is 1. The normalized spacial score (nSPS) is 12.9. The molecule has 0 aromatic heterocycles. The van der Waals surface area contributed by atoms with Gasteiger partial charge in [0.15, 0.2) is 0 Å². The molecule has 13 heavy (non-hydrogen) atoms. The Morgan fingerprint density at radius 1 is 1.15 bits per heavy atom. The molecule has 0 unspecified atom stereocenters. The molecule has 1 N–H and O–H groups in total. The smallest absolute Gasteiger partial charge is 0.0459 e. The SMILES string of the molecule is Cc1cc(C)cc(C[C@@H](C)CO)c1. The van der Waals surface area contributed by atoms with Gasteiger partial charge in [-0.15, -0.1) is 0 Å². The molecule has 1 rings (SSSR count). The van der Waals surface area contributed by atoms with Crippen LogP contribution in [0.2, 0.25) is 0 Å². The maximum absolute atomic E-state index is 8.93. The molecule has 0 heterocycles. The summed E-state index contributed by atoms with van der Waals surface area (Å²) in [5.41, 5.74) is 3.94. The molecule has 0 saturated heterocycles. The number of hydrogen-bond donors (Lipinski definition) is 1. The second-order valence-electron chi connectivity index (χ2n) is 3.99. The van der Waals surface area contributed by atoms with Gasteiger partial charge in [0, 0.05) is 6.61 Å². The van der Waals surface area contributed by atoms with Crippen LogP contribution in [-0.2, 0) is 6.42 Å². The molecular formula is C12H18O. The lowest BCUT2D eigenvalue weighted by atomic mass is 9.98. The molecule has 1 nitrogen and oxygen atoms in total. The second-order valence-corrected chi connectivity index (χ2v) is 3.99. The van der Waals surface area contributed by atoms with Gasteiger partial charge in [0.25, 0.3) is 0 Å². The topological polar surface area (TPSA) is 20.2 Å². The molecule has 0 aliphatic rings. The monoisotopic (exact) mass is 178 g/mol. The van der Waals surface area contributed by atoms with Gasteiger partial charge < -0.3 is 5.11 Å². The summed E-state index contributed by atoms with van der Waals surface area (Å²) in [4.78, 5) is 0. The molecule has 0 spiro atoms. The van der Waals surface area contributed by atoms with Gasteiger partial charge in [0.2, 0.25) is 0 Å². The average molecular weight is 178 g/mol. The van der Waals surface area contributed by atoms with E-state index in [0.29, 0.717) is 5.92 Å². The second kappa shape index (κ2) is 4.43. The van der Waals surface area contributed by atoms with Gasteiger partial charge in [0.05, 0.1) is 0 Å². The van der Waals surface area contributed by atoms with Crippen LogP contribution >= 0.6 is 0 Å². The van der Waals surface area contributed by atoms with Gasteiger partial charge in [-0.25, -0.2) is 0 Å². The van der Waals surface area contributed by atoms with Gasteiger partial charge in [0.1, 0.15) is 0 Å². The molecule has 0 radical (unpaired) electrons. The minimum atomic E-state index is 0.271. The molecule has 0 bridgehead atoms. The largest absolute Gasteiger partial charge is 0.396 e. The Balaban J connectivity index is 2.77. The number of aliphatic hydroxyl groups is 1. The zero-order chi connectivity index (χ0) is 9.84.